The van der Waals surface area contributed by atoms with Gasteiger partial charge in [0, 0.05) is 44.1 Å². The standard InChI is InChI=1S/C19H24FN5O/c20-15-3-1-5-17(13-15)25-8-2-4-16(14-25)22-18-6-7-21-19(23-18)24-9-11-26-12-10-24/h1,3,5-7,13,16H,2,4,8-12,14H2,(H,21,22,23)/t16-/m1/s1. The van der Waals surface area contributed by atoms with Gasteiger partial charge in [-0.3, -0.25) is 0 Å². The molecule has 3 heterocycles. The zero-order chi connectivity index (χ0) is 17.8. The molecule has 7 heteroatoms. The minimum atomic E-state index is -0.191. The van der Waals surface area contributed by atoms with Crippen LogP contribution in [0, 0.1) is 5.82 Å². The van der Waals surface area contributed by atoms with Gasteiger partial charge < -0.3 is 19.9 Å². The van der Waals surface area contributed by atoms with Crippen LogP contribution < -0.4 is 15.1 Å². The van der Waals surface area contributed by atoms with E-state index in [1.165, 1.54) is 6.07 Å². The van der Waals surface area contributed by atoms with Crippen LogP contribution >= 0.6 is 0 Å². The third-order valence-corrected chi connectivity index (χ3v) is 4.88. The van der Waals surface area contributed by atoms with Crippen LogP contribution in [0.5, 0.6) is 0 Å². The largest absolute Gasteiger partial charge is 0.378 e. The summed E-state index contributed by atoms with van der Waals surface area (Å²) in [6.45, 7) is 4.85. The van der Waals surface area contributed by atoms with E-state index in [4.69, 9.17) is 4.74 Å². The van der Waals surface area contributed by atoms with E-state index in [0.29, 0.717) is 13.2 Å². The van der Waals surface area contributed by atoms with E-state index in [-0.39, 0.29) is 11.9 Å². The second-order valence-electron chi connectivity index (χ2n) is 6.75. The van der Waals surface area contributed by atoms with E-state index in [9.17, 15) is 4.39 Å². The summed E-state index contributed by atoms with van der Waals surface area (Å²) in [5, 5.41) is 3.53. The van der Waals surface area contributed by atoms with Gasteiger partial charge in [-0.15, -0.1) is 0 Å². The Morgan fingerprint density at radius 1 is 1.12 bits per heavy atom. The molecule has 0 spiro atoms. The van der Waals surface area contributed by atoms with Crippen LogP contribution in [0.25, 0.3) is 0 Å². The smallest absolute Gasteiger partial charge is 0.227 e. The highest BCUT2D eigenvalue weighted by Gasteiger charge is 2.21. The number of nitrogens with zero attached hydrogens (tertiary/aromatic N) is 4. The summed E-state index contributed by atoms with van der Waals surface area (Å²) in [5.41, 5.74) is 0.938. The summed E-state index contributed by atoms with van der Waals surface area (Å²) in [5.74, 6) is 1.40. The van der Waals surface area contributed by atoms with Gasteiger partial charge in [0.2, 0.25) is 5.95 Å². The summed E-state index contributed by atoms with van der Waals surface area (Å²) < 4.78 is 18.9. The van der Waals surface area contributed by atoms with E-state index < -0.39 is 0 Å². The Labute approximate surface area is 153 Å². The zero-order valence-electron chi connectivity index (χ0n) is 14.8. The van der Waals surface area contributed by atoms with Crippen molar-refractivity contribution in [2.75, 3.05) is 54.5 Å². The number of anilines is 3. The number of hydrogen-bond donors (Lipinski definition) is 1. The quantitative estimate of drug-likeness (QED) is 0.908. The van der Waals surface area contributed by atoms with Crippen LogP contribution in [0.4, 0.5) is 21.8 Å². The molecular formula is C19H24FN5O. The van der Waals surface area contributed by atoms with Crippen LogP contribution in [0.1, 0.15) is 12.8 Å². The average Bonchev–Trinajstić information content (AvgIpc) is 2.69. The minimum absolute atomic E-state index is 0.191. The lowest BCUT2D eigenvalue weighted by Crippen LogP contribution is -2.42. The van der Waals surface area contributed by atoms with Crippen molar-refractivity contribution in [3.8, 4) is 0 Å². The number of hydrogen-bond acceptors (Lipinski definition) is 6. The SMILES string of the molecule is Fc1cccc(N2CCC[C@@H](Nc3ccnc(N4CCOCC4)n3)C2)c1. The number of benzene rings is 1. The molecule has 0 unspecified atom stereocenters. The molecule has 0 bridgehead atoms. The Balaban J connectivity index is 1.42. The van der Waals surface area contributed by atoms with Gasteiger partial charge in [0.1, 0.15) is 11.6 Å². The van der Waals surface area contributed by atoms with Crippen molar-refractivity contribution in [3.05, 3.63) is 42.3 Å². The van der Waals surface area contributed by atoms with Crippen molar-refractivity contribution in [2.45, 2.75) is 18.9 Å². The third kappa shape index (κ3) is 4.04. The summed E-state index contributed by atoms with van der Waals surface area (Å²) in [7, 11) is 0. The Bertz CT molecular complexity index is 737. The van der Waals surface area contributed by atoms with Crippen molar-refractivity contribution in [1.29, 1.82) is 0 Å². The molecule has 138 valence electrons. The van der Waals surface area contributed by atoms with Crippen LogP contribution in [-0.2, 0) is 4.74 Å². The molecule has 4 rings (SSSR count). The first-order chi connectivity index (χ1) is 12.8. The van der Waals surface area contributed by atoms with Gasteiger partial charge in [-0.05, 0) is 37.1 Å². The maximum Gasteiger partial charge on any atom is 0.227 e. The fourth-order valence-electron chi connectivity index (χ4n) is 3.56. The van der Waals surface area contributed by atoms with Crippen molar-refractivity contribution in [2.24, 2.45) is 0 Å². The summed E-state index contributed by atoms with van der Waals surface area (Å²) in [4.78, 5) is 13.4. The molecule has 0 amide bonds. The zero-order valence-corrected chi connectivity index (χ0v) is 14.8. The van der Waals surface area contributed by atoms with Crippen LogP contribution in [0.15, 0.2) is 36.5 Å². The maximum atomic E-state index is 13.5. The molecule has 2 fully saturated rings. The van der Waals surface area contributed by atoms with E-state index in [0.717, 1.165) is 56.5 Å². The lowest BCUT2D eigenvalue weighted by molar-refractivity contribution is 0.122. The number of aromatic nitrogens is 2. The lowest BCUT2D eigenvalue weighted by atomic mass is 10.0. The normalized spacial score (nSPS) is 20.9. The fourth-order valence-corrected chi connectivity index (χ4v) is 3.56. The summed E-state index contributed by atoms with van der Waals surface area (Å²) >= 11 is 0. The molecule has 2 aliphatic rings. The molecule has 1 aromatic carbocycles. The van der Waals surface area contributed by atoms with Gasteiger partial charge in [0.25, 0.3) is 0 Å². The Morgan fingerprint density at radius 3 is 2.85 bits per heavy atom. The Morgan fingerprint density at radius 2 is 2.00 bits per heavy atom. The number of morpholine rings is 1. The van der Waals surface area contributed by atoms with Crippen molar-refractivity contribution in [1.82, 2.24) is 9.97 Å². The van der Waals surface area contributed by atoms with Gasteiger partial charge in [0.15, 0.2) is 0 Å². The Kier molecular flexibility index (Phi) is 5.15. The third-order valence-electron chi connectivity index (χ3n) is 4.88. The van der Waals surface area contributed by atoms with Crippen LogP contribution in [-0.4, -0.2) is 55.4 Å². The highest BCUT2D eigenvalue weighted by atomic mass is 19.1. The summed E-state index contributed by atoms with van der Waals surface area (Å²) in [6, 6.07) is 9.00. The van der Waals surface area contributed by atoms with E-state index in [1.54, 1.807) is 18.3 Å². The molecule has 0 saturated carbocycles. The number of rotatable bonds is 4. The van der Waals surface area contributed by atoms with E-state index >= 15 is 0 Å². The molecular weight excluding hydrogens is 333 g/mol. The predicted molar refractivity (Wildman–Crippen MR) is 100 cm³/mol. The van der Waals surface area contributed by atoms with Gasteiger partial charge in [-0.2, -0.15) is 4.98 Å². The van der Waals surface area contributed by atoms with E-state index in [2.05, 4.69) is 25.1 Å². The van der Waals surface area contributed by atoms with Crippen LogP contribution in [0.3, 0.4) is 0 Å². The second kappa shape index (κ2) is 7.86. The topological polar surface area (TPSA) is 53.5 Å². The number of nitrogens with one attached hydrogen (secondary N) is 1. The van der Waals surface area contributed by atoms with Gasteiger partial charge in [-0.1, -0.05) is 6.07 Å². The second-order valence-corrected chi connectivity index (χ2v) is 6.75. The first-order valence-electron chi connectivity index (χ1n) is 9.21. The molecule has 1 aromatic heterocycles. The van der Waals surface area contributed by atoms with Gasteiger partial charge in [0.05, 0.1) is 13.2 Å². The fraction of sp³-hybridized carbons (Fsp3) is 0.474. The first kappa shape index (κ1) is 17.0. The molecule has 2 saturated heterocycles. The van der Waals surface area contributed by atoms with Crippen molar-refractivity contribution in [3.63, 3.8) is 0 Å². The van der Waals surface area contributed by atoms with Crippen molar-refractivity contribution < 1.29 is 9.13 Å². The molecule has 0 radical (unpaired) electrons. The molecule has 0 aliphatic carbocycles. The summed E-state index contributed by atoms with van der Waals surface area (Å²) in [6.07, 6.45) is 3.94. The highest BCUT2D eigenvalue weighted by molar-refractivity contribution is 5.48. The van der Waals surface area contributed by atoms with Crippen LogP contribution in [0.2, 0.25) is 0 Å². The van der Waals surface area contributed by atoms with Crippen molar-refractivity contribution >= 4 is 17.5 Å². The Hall–Kier alpha value is -2.41. The average molecular weight is 357 g/mol. The molecule has 2 aromatic rings. The number of piperidine rings is 1. The molecule has 1 atom stereocenters. The molecule has 1 N–H and O–H groups in total. The van der Waals surface area contributed by atoms with Gasteiger partial charge >= 0.3 is 0 Å². The highest BCUT2D eigenvalue weighted by Crippen LogP contribution is 2.22. The number of halogens is 1. The van der Waals surface area contributed by atoms with E-state index in [1.807, 2.05) is 12.1 Å². The first-order valence-corrected chi connectivity index (χ1v) is 9.21. The molecule has 6 nitrogen and oxygen atoms in total. The molecule has 26 heavy (non-hydrogen) atoms. The van der Waals surface area contributed by atoms with Gasteiger partial charge in [-0.25, -0.2) is 9.37 Å². The maximum absolute atomic E-state index is 13.5. The number of ether oxygens (including phenoxy) is 1. The predicted octanol–water partition coefficient (Wildman–Crippen LogP) is 2.53. The lowest BCUT2D eigenvalue weighted by Gasteiger charge is -2.35. The molecule has 2 aliphatic heterocycles. The minimum Gasteiger partial charge on any atom is -0.378 e. The monoisotopic (exact) mass is 357 g/mol.